The molecule has 4 atom stereocenters. The van der Waals surface area contributed by atoms with Crippen molar-refractivity contribution >= 4 is 29.2 Å². The molecule has 2 amide bonds. The summed E-state index contributed by atoms with van der Waals surface area (Å²) in [6.45, 7) is 12.2. The minimum atomic E-state index is -1.20. The van der Waals surface area contributed by atoms with Crippen molar-refractivity contribution in [3.63, 3.8) is 0 Å². The third kappa shape index (κ3) is 11.5. The number of carbonyl (C=O) groups excluding carboxylic acids is 5. The van der Waals surface area contributed by atoms with E-state index in [0.29, 0.717) is 50.8 Å². The highest BCUT2D eigenvalue weighted by molar-refractivity contribution is 6.01. The van der Waals surface area contributed by atoms with Crippen LogP contribution in [-0.2, 0) is 37.6 Å². The SMILES string of the molecule is Cc1nc(-c2ccc(C(C)(C)C)cc2)nc(C)c1C(=O)C[C@@H](CCN)C(=O)N(C)[C@@H]1C(=O)C[C@@H](C)C(=O)N[C@H](C(=O)CCC#N)Cc2ccc(OCCN)c(c2)-c2cc1ccc2CN. The maximum absolute atomic E-state index is 14.8. The number of likely N-dealkylation sites (N-methyl/N-ethyl adjacent to an activating group) is 1. The van der Waals surface area contributed by atoms with Gasteiger partial charge in [0.15, 0.2) is 23.2 Å². The van der Waals surface area contributed by atoms with Crippen LogP contribution in [0.25, 0.3) is 22.5 Å². The van der Waals surface area contributed by atoms with Crippen LogP contribution in [-0.4, -0.2) is 76.8 Å². The van der Waals surface area contributed by atoms with Crippen molar-refractivity contribution in [3.05, 3.63) is 99.9 Å². The fourth-order valence-electron chi connectivity index (χ4n) is 8.31. The Morgan fingerprint density at radius 3 is 2.23 bits per heavy atom. The number of aromatic nitrogens is 2. The quantitative estimate of drug-likeness (QED) is 0.104. The summed E-state index contributed by atoms with van der Waals surface area (Å²) in [5.74, 6) is -2.94. The van der Waals surface area contributed by atoms with Crippen LogP contribution in [0.5, 0.6) is 5.75 Å². The lowest BCUT2D eigenvalue weighted by atomic mass is 9.86. The number of ketones is 3. The molecule has 0 aliphatic carbocycles. The van der Waals surface area contributed by atoms with Gasteiger partial charge in [-0.05, 0) is 84.7 Å². The molecule has 338 valence electrons. The van der Waals surface area contributed by atoms with Crippen molar-refractivity contribution in [1.29, 1.82) is 5.26 Å². The smallest absolute Gasteiger partial charge is 0.226 e. The number of nitrogens with one attached hydrogen (secondary N) is 1. The molecule has 0 radical (unpaired) electrons. The Morgan fingerprint density at radius 1 is 0.938 bits per heavy atom. The molecular formula is C50H62N8O6. The van der Waals surface area contributed by atoms with Gasteiger partial charge in [-0.1, -0.05) is 70.2 Å². The number of aryl methyl sites for hydroxylation is 2. The van der Waals surface area contributed by atoms with E-state index in [0.717, 1.165) is 11.1 Å². The van der Waals surface area contributed by atoms with Gasteiger partial charge in [0.05, 0.1) is 29.1 Å². The summed E-state index contributed by atoms with van der Waals surface area (Å²) in [7, 11) is 1.52. The van der Waals surface area contributed by atoms with Crippen LogP contribution < -0.4 is 27.3 Å². The number of carbonyl (C=O) groups is 5. The normalized spacial score (nSPS) is 17.1. The number of ether oxygens (including phenoxy) is 1. The average Bonchev–Trinajstić information content (AvgIpc) is 3.26. The van der Waals surface area contributed by atoms with E-state index in [1.807, 2.05) is 36.4 Å². The number of rotatable bonds is 15. The topological polar surface area (TPSA) is 237 Å². The molecule has 64 heavy (non-hydrogen) atoms. The molecule has 4 aromatic rings. The molecule has 1 aromatic heterocycles. The molecule has 0 unspecified atom stereocenters. The molecule has 14 heteroatoms. The Morgan fingerprint density at radius 2 is 1.62 bits per heavy atom. The lowest BCUT2D eigenvalue weighted by molar-refractivity contribution is -0.142. The Labute approximate surface area is 376 Å². The van der Waals surface area contributed by atoms with Gasteiger partial charge in [0.1, 0.15) is 18.4 Å². The molecule has 4 bridgehead atoms. The molecule has 0 fully saturated rings. The molecule has 0 saturated carbocycles. The van der Waals surface area contributed by atoms with E-state index in [4.69, 9.17) is 31.9 Å². The Kier molecular flexibility index (Phi) is 16.4. The zero-order chi connectivity index (χ0) is 46.9. The molecular weight excluding hydrogens is 809 g/mol. The van der Waals surface area contributed by atoms with E-state index in [2.05, 4.69) is 26.1 Å². The fraction of sp³-hybridized carbons (Fsp3) is 0.440. The molecule has 1 aliphatic rings. The maximum atomic E-state index is 14.8. The van der Waals surface area contributed by atoms with Crippen molar-refractivity contribution in [3.8, 4) is 34.3 Å². The maximum Gasteiger partial charge on any atom is 0.226 e. The molecule has 3 aromatic carbocycles. The van der Waals surface area contributed by atoms with E-state index < -0.39 is 41.5 Å². The molecule has 0 saturated heterocycles. The third-order valence-electron chi connectivity index (χ3n) is 11.9. The number of nitrogens with zero attached hydrogens (tertiary/aromatic N) is 4. The largest absolute Gasteiger partial charge is 0.492 e. The second-order valence-electron chi connectivity index (χ2n) is 17.7. The van der Waals surface area contributed by atoms with Crippen molar-refractivity contribution < 1.29 is 28.7 Å². The summed E-state index contributed by atoms with van der Waals surface area (Å²) < 4.78 is 6.09. The Hall–Kier alpha value is -6.14. The minimum Gasteiger partial charge on any atom is -0.492 e. The lowest BCUT2D eigenvalue weighted by Crippen LogP contribution is -2.46. The number of amides is 2. The first-order valence-corrected chi connectivity index (χ1v) is 21.9. The van der Waals surface area contributed by atoms with Crippen LogP contribution in [0, 0.1) is 37.0 Å². The van der Waals surface area contributed by atoms with E-state index in [9.17, 15) is 29.2 Å². The van der Waals surface area contributed by atoms with Gasteiger partial charge < -0.3 is 32.2 Å². The second-order valence-corrected chi connectivity index (χ2v) is 17.7. The van der Waals surface area contributed by atoms with E-state index >= 15 is 0 Å². The Bertz CT molecular complexity index is 2400. The van der Waals surface area contributed by atoms with Crippen LogP contribution in [0.2, 0.25) is 0 Å². The number of benzene rings is 3. The predicted octanol–water partition coefficient (Wildman–Crippen LogP) is 5.77. The summed E-state index contributed by atoms with van der Waals surface area (Å²) in [6.07, 6.45) is -0.298. The average molecular weight is 871 g/mol. The molecule has 5 rings (SSSR count). The second kappa shape index (κ2) is 21.5. The standard InChI is InChI=1S/C50H62N8O6/c1-29-23-43(61)46(58(7)49(63)35(18-20-52)27-42(60)45-30(2)55-47(56-31(45)3)33-13-15-37(16-14-33)50(4,5)6)34-11-12-36(28-54)38(26-34)39-24-32(10-17-44(39)64-22-21-53)25-40(57-48(29)62)41(59)9-8-19-51/h10-17,24,26,29,35,40,46H,8-9,18,20-23,25,27-28,52-54H2,1-7H3,(H,57,62)/t29-,35-,40+,46+/m1/s1. The van der Waals surface area contributed by atoms with Crippen LogP contribution in [0.1, 0.15) is 110 Å². The summed E-state index contributed by atoms with van der Waals surface area (Å²) in [5, 5.41) is 12.1. The van der Waals surface area contributed by atoms with Crippen molar-refractivity contribution in [2.24, 2.45) is 29.0 Å². The summed E-state index contributed by atoms with van der Waals surface area (Å²) in [4.78, 5) is 81.6. The third-order valence-corrected chi connectivity index (χ3v) is 11.9. The van der Waals surface area contributed by atoms with Crippen LogP contribution in [0.3, 0.4) is 0 Å². The Balaban J connectivity index is 1.55. The number of hydrogen-bond acceptors (Lipinski definition) is 12. The molecule has 0 spiro atoms. The zero-order valence-electron chi connectivity index (χ0n) is 38.1. The van der Waals surface area contributed by atoms with Crippen molar-refractivity contribution in [1.82, 2.24) is 20.2 Å². The number of nitrogens with two attached hydrogens (primary N) is 3. The van der Waals surface area contributed by atoms with Crippen LogP contribution >= 0.6 is 0 Å². The number of Topliss-reactive ketones (excluding diaryl/α,β-unsaturated/α-hetero) is 3. The molecule has 7 N–H and O–H groups in total. The number of hydrogen-bond donors (Lipinski definition) is 4. The molecule has 14 nitrogen and oxygen atoms in total. The summed E-state index contributed by atoms with van der Waals surface area (Å²) in [5.41, 5.74) is 24.6. The van der Waals surface area contributed by atoms with Gasteiger partial charge in [-0.2, -0.15) is 5.26 Å². The number of fused-ring (bicyclic) bond motifs is 5. The van der Waals surface area contributed by atoms with Gasteiger partial charge in [0.2, 0.25) is 11.8 Å². The van der Waals surface area contributed by atoms with Gasteiger partial charge in [-0.15, -0.1) is 0 Å². The first-order chi connectivity index (χ1) is 30.4. The number of nitriles is 1. The highest BCUT2D eigenvalue weighted by atomic mass is 16.5. The zero-order valence-corrected chi connectivity index (χ0v) is 38.1. The minimum absolute atomic E-state index is 0.0199. The predicted molar refractivity (Wildman–Crippen MR) is 246 cm³/mol. The van der Waals surface area contributed by atoms with Gasteiger partial charge in [-0.3, -0.25) is 24.0 Å². The van der Waals surface area contributed by atoms with Gasteiger partial charge >= 0.3 is 0 Å². The van der Waals surface area contributed by atoms with Crippen molar-refractivity contribution in [2.75, 3.05) is 26.7 Å². The van der Waals surface area contributed by atoms with E-state index in [1.54, 1.807) is 51.1 Å². The van der Waals surface area contributed by atoms with Gasteiger partial charge in [0, 0.05) is 68.8 Å². The first kappa shape index (κ1) is 48.9. The molecule has 2 heterocycles. The van der Waals surface area contributed by atoms with E-state index in [1.165, 1.54) is 17.5 Å². The fourth-order valence-corrected chi connectivity index (χ4v) is 8.31. The monoisotopic (exact) mass is 870 g/mol. The van der Waals surface area contributed by atoms with Gasteiger partial charge in [0.25, 0.3) is 0 Å². The van der Waals surface area contributed by atoms with Gasteiger partial charge in [-0.25, -0.2) is 9.97 Å². The van der Waals surface area contributed by atoms with Crippen molar-refractivity contribution in [2.45, 2.75) is 104 Å². The highest BCUT2D eigenvalue weighted by Gasteiger charge is 2.36. The highest BCUT2D eigenvalue weighted by Crippen LogP contribution is 2.38. The molecule has 1 aliphatic heterocycles. The summed E-state index contributed by atoms with van der Waals surface area (Å²) in [6, 6.07) is 18.6. The lowest BCUT2D eigenvalue weighted by Gasteiger charge is -2.32. The summed E-state index contributed by atoms with van der Waals surface area (Å²) >= 11 is 0. The van der Waals surface area contributed by atoms with Crippen LogP contribution in [0.4, 0.5) is 0 Å². The van der Waals surface area contributed by atoms with Crippen LogP contribution in [0.15, 0.2) is 60.7 Å². The van der Waals surface area contributed by atoms with E-state index in [-0.39, 0.29) is 81.7 Å². The first-order valence-electron chi connectivity index (χ1n) is 21.9.